The molecule has 0 aliphatic heterocycles. The summed E-state index contributed by atoms with van der Waals surface area (Å²) in [6.07, 6.45) is -2.84. The van der Waals surface area contributed by atoms with Crippen LogP contribution in [-0.4, -0.2) is 11.2 Å². The number of aliphatic hydroxyl groups is 1. The highest BCUT2D eigenvalue weighted by atomic mass is 19.4. The number of hydrogen-bond donors (Lipinski definition) is 1. The Morgan fingerprint density at radius 3 is 1.94 bits per heavy atom. The van der Waals surface area contributed by atoms with Gasteiger partial charge in [0.2, 0.25) is 0 Å². The highest BCUT2D eigenvalue weighted by Gasteiger charge is 2.51. The maximum Gasteiger partial charge on any atom is 0.416 e. The molecule has 1 fully saturated rings. The van der Waals surface area contributed by atoms with Crippen LogP contribution in [0.5, 0.6) is 0 Å². The van der Waals surface area contributed by atoms with E-state index in [1.165, 1.54) is 12.1 Å². The van der Waals surface area contributed by atoms with E-state index in [9.17, 15) is 18.3 Å². The van der Waals surface area contributed by atoms with Crippen LogP contribution in [0.3, 0.4) is 0 Å². The maximum atomic E-state index is 12.5. The third kappa shape index (κ3) is 2.26. The van der Waals surface area contributed by atoms with Crippen LogP contribution >= 0.6 is 0 Å². The van der Waals surface area contributed by atoms with E-state index in [1.54, 1.807) is 6.92 Å². The van der Waals surface area contributed by atoms with Crippen LogP contribution in [0, 0.1) is 5.41 Å². The highest BCUT2D eigenvalue weighted by molar-refractivity contribution is 5.30. The molecule has 0 radical (unpaired) electrons. The fourth-order valence-corrected chi connectivity index (χ4v) is 2.65. The van der Waals surface area contributed by atoms with Crippen LogP contribution in [0.15, 0.2) is 24.3 Å². The highest BCUT2D eigenvalue weighted by Crippen LogP contribution is 2.58. The third-order valence-corrected chi connectivity index (χ3v) is 4.26. The lowest BCUT2D eigenvalue weighted by atomic mass is 9.81. The number of aliphatic hydroxyl groups excluding tert-OH is 1. The van der Waals surface area contributed by atoms with Gasteiger partial charge in [-0.2, -0.15) is 13.2 Å². The van der Waals surface area contributed by atoms with E-state index in [1.807, 2.05) is 6.92 Å². The van der Waals surface area contributed by atoms with Crippen molar-refractivity contribution in [3.63, 3.8) is 0 Å². The van der Waals surface area contributed by atoms with Crippen LogP contribution in [-0.2, 0) is 6.18 Å². The van der Waals surface area contributed by atoms with Gasteiger partial charge in [0.05, 0.1) is 11.7 Å². The second kappa shape index (κ2) is 4.26. The number of benzene rings is 1. The molecule has 4 heteroatoms. The summed E-state index contributed by atoms with van der Waals surface area (Å²) in [6.45, 7) is 3.73. The Morgan fingerprint density at radius 1 is 1.11 bits per heavy atom. The van der Waals surface area contributed by atoms with E-state index in [2.05, 4.69) is 0 Å². The summed E-state index contributed by atoms with van der Waals surface area (Å²) in [4.78, 5) is 0. The van der Waals surface area contributed by atoms with Gasteiger partial charge in [-0.15, -0.1) is 0 Å². The van der Waals surface area contributed by atoms with E-state index in [0.29, 0.717) is 0 Å². The van der Waals surface area contributed by atoms with Gasteiger partial charge in [0, 0.05) is 5.41 Å². The maximum absolute atomic E-state index is 12.5. The molecule has 1 saturated carbocycles. The molecule has 1 N–H and O–H groups in total. The molecule has 2 atom stereocenters. The summed E-state index contributed by atoms with van der Waals surface area (Å²) < 4.78 is 37.4. The number of halogens is 3. The summed E-state index contributed by atoms with van der Waals surface area (Å²) in [5.41, 5.74) is 0.0986. The average molecular weight is 258 g/mol. The summed E-state index contributed by atoms with van der Waals surface area (Å²) in [6, 6.07) is 5.28. The largest absolute Gasteiger partial charge is 0.416 e. The zero-order chi connectivity index (χ0) is 13.6. The average Bonchev–Trinajstić information content (AvgIpc) is 3.08. The number of rotatable bonds is 3. The minimum Gasteiger partial charge on any atom is -0.393 e. The smallest absolute Gasteiger partial charge is 0.393 e. The Balaban J connectivity index is 2.20. The second-order valence-corrected chi connectivity index (χ2v) is 5.25. The van der Waals surface area contributed by atoms with Crippen molar-refractivity contribution in [1.29, 1.82) is 0 Å². The van der Waals surface area contributed by atoms with Crippen molar-refractivity contribution in [2.45, 2.75) is 44.9 Å². The molecule has 2 rings (SSSR count). The first-order chi connectivity index (χ1) is 8.27. The van der Waals surface area contributed by atoms with Gasteiger partial charge in [0.25, 0.3) is 0 Å². The van der Waals surface area contributed by atoms with Crippen molar-refractivity contribution in [3.8, 4) is 0 Å². The minimum absolute atomic E-state index is 0.0831. The lowest BCUT2D eigenvalue weighted by Gasteiger charge is -2.26. The van der Waals surface area contributed by atoms with Crippen LogP contribution in [0.4, 0.5) is 13.2 Å². The van der Waals surface area contributed by atoms with Crippen molar-refractivity contribution < 1.29 is 18.3 Å². The topological polar surface area (TPSA) is 20.2 Å². The van der Waals surface area contributed by atoms with Gasteiger partial charge in [0.15, 0.2) is 0 Å². The fourth-order valence-electron chi connectivity index (χ4n) is 2.65. The van der Waals surface area contributed by atoms with Crippen molar-refractivity contribution in [1.82, 2.24) is 0 Å². The van der Waals surface area contributed by atoms with E-state index in [4.69, 9.17) is 0 Å². The summed E-state index contributed by atoms with van der Waals surface area (Å²) in [7, 11) is 0. The fraction of sp³-hybridized carbons (Fsp3) is 0.571. The predicted octanol–water partition coefficient (Wildman–Crippen LogP) is 3.97. The molecular weight excluding hydrogens is 241 g/mol. The quantitative estimate of drug-likeness (QED) is 0.869. The Hall–Kier alpha value is -1.03. The van der Waals surface area contributed by atoms with Gasteiger partial charge in [-0.3, -0.25) is 0 Å². The van der Waals surface area contributed by atoms with Crippen LogP contribution in [0.1, 0.15) is 43.7 Å². The van der Waals surface area contributed by atoms with Crippen molar-refractivity contribution >= 4 is 0 Å². The lowest BCUT2D eigenvalue weighted by molar-refractivity contribution is -0.137. The summed E-state index contributed by atoms with van der Waals surface area (Å²) in [5.74, 6) is 0.0831. The Bertz CT molecular complexity index is 416. The van der Waals surface area contributed by atoms with Gasteiger partial charge in [0.1, 0.15) is 0 Å². The first-order valence-corrected chi connectivity index (χ1v) is 6.12. The molecule has 100 valence electrons. The van der Waals surface area contributed by atoms with Crippen LogP contribution < -0.4 is 0 Å². The lowest BCUT2D eigenvalue weighted by Crippen LogP contribution is -2.24. The molecule has 1 aromatic carbocycles. The molecule has 1 aliphatic rings. The van der Waals surface area contributed by atoms with Crippen molar-refractivity contribution in [3.05, 3.63) is 35.4 Å². The molecular formula is C14H17F3O. The molecule has 0 bridgehead atoms. The van der Waals surface area contributed by atoms with Crippen molar-refractivity contribution in [2.24, 2.45) is 5.41 Å². The number of alkyl halides is 3. The Kier molecular flexibility index (Phi) is 3.18. The van der Waals surface area contributed by atoms with Gasteiger partial charge in [-0.25, -0.2) is 0 Å². The minimum atomic E-state index is -4.29. The van der Waals surface area contributed by atoms with Gasteiger partial charge < -0.3 is 5.11 Å². The summed E-state index contributed by atoms with van der Waals surface area (Å²) in [5, 5.41) is 9.78. The molecule has 1 aliphatic carbocycles. The van der Waals surface area contributed by atoms with Crippen molar-refractivity contribution in [2.75, 3.05) is 0 Å². The zero-order valence-corrected chi connectivity index (χ0v) is 10.5. The monoisotopic (exact) mass is 258 g/mol. The molecule has 2 unspecified atom stereocenters. The summed E-state index contributed by atoms with van der Waals surface area (Å²) >= 11 is 0. The van der Waals surface area contributed by atoms with E-state index >= 15 is 0 Å². The van der Waals surface area contributed by atoms with Gasteiger partial charge in [-0.1, -0.05) is 19.1 Å². The molecule has 0 amide bonds. The van der Waals surface area contributed by atoms with Crippen LogP contribution in [0.2, 0.25) is 0 Å². The molecule has 18 heavy (non-hydrogen) atoms. The van der Waals surface area contributed by atoms with Crippen LogP contribution in [0.25, 0.3) is 0 Å². The van der Waals surface area contributed by atoms with Gasteiger partial charge in [-0.05, 0) is 43.4 Å². The van der Waals surface area contributed by atoms with E-state index in [0.717, 1.165) is 30.5 Å². The first kappa shape index (κ1) is 13.4. The molecule has 1 nitrogen and oxygen atoms in total. The first-order valence-electron chi connectivity index (χ1n) is 6.12. The number of hydrogen-bond acceptors (Lipinski definition) is 1. The molecule has 0 saturated heterocycles. The molecule has 0 heterocycles. The normalized spacial score (nSPS) is 21.4. The molecule has 0 aromatic heterocycles. The molecule has 1 aromatic rings. The third-order valence-electron chi connectivity index (χ3n) is 4.26. The zero-order valence-electron chi connectivity index (χ0n) is 10.5. The van der Waals surface area contributed by atoms with E-state index in [-0.39, 0.29) is 11.3 Å². The second-order valence-electron chi connectivity index (χ2n) is 5.25. The predicted molar refractivity (Wildman–Crippen MR) is 63.2 cm³/mol. The molecule has 0 spiro atoms. The standard InChI is InChI=1S/C14H17F3O/c1-9(13(7-8-13)10(2)18)11-3-5-12(6-4-11)14(15,16)17/h3-6,9-10,18H,7-8H2,1-2H3. The SMILES string of the molecule is CC(O)C1(C(C)c2ccc(C(F)(F)F)cc2)CC1. The Morgan fingerprint density at radius 2 is 1.61 bits per heavy atom. The van der Waals surface area contributed by atoms with E-state index < -0.39 is 17.8 Å². The van der Waals surface area contributed by atoms with Gasteiger partial charge >= 0.3 is 6.18 Å². The Labute approximate surface area is 105 Å².